The van der Waals surface area contributed by atoms with Gasteiger partial charge in [0, 0.05) is 24.1 Å². The summed E-state index contributed by atoms with van der Waals surface area (Å²) < 4.78 is 31.9. The van der Waals surface area contributed by atoms with Gasteiger partial charge in [0.2, 0.25) is 0 Å². The van der Waals surface area contributed by atoms with E-state index in [4.69, 9.17) is 4.74 Å². The van der Waals surface area contributed by atoms with Crippen molar-refractivity contribution in [3.63, 3.8) is 0 Å². The molecule has 140 valence electrons. The molecule has 2 atom stereocenters. The number of carbonyl (C=O) groups excluding carboxylic acids is 1. The molecule has 0 radical (unpaired) electrons. The largest absolute Gasteiger partial charge is 0.497 e. The summed E-state index contributed by atoms with van der Waals surface area (Å²) >= 11 is 0. The Morgan fingerprint density at radius 1 is 1.19 bits per heavy atom. The normalized spacial score (nSPS) is 19.3. The van der Waals surface area contributed by atoms with Gasteiger partial charge in [-0.25, -0.2) is 8.78 Å². The minimum atomic E-state index is -0.867. The first-order valence-electron chi connectivity index (χ1n) is 8.19. The van der Waals surface area contributed by atoms with Crippen LogP contribution in [0.4, 0.5) is 8.78 Å². The van der Waals surface area contributed by atoms with E-state index in [2.05, 4.69) is 10.6 Å². The maximum absolute atomic E-state index is 13.6. The number of amides is 1. The molecule has 2 aromatic rings. The van der Waals surface area contributed by atoms with Crippen LogP contribution in [0, 0.1) is 11.6 Å². The summed E-state index contributed by atoms with van der Waals surface area (Å²) in [6.45, 7) is 1.33. The van der Waals surface area contributed by atoms with E-state index in [1.54, 1.807) is 37.4 Å². The topological polar surface area (TPSA) is 50.4 Å². The first kappa shape index (κ1) is 20.1. The van der Waals surface area contributed by atoms with Crippen LogP contribution in [-0.4, -0.2) is 32.1 Å². The van der Waals surface area contributed by atoms with Gasteiger partial charge >= 0.3 is 0 Å². The molecule has 1 aliphatic rings. The molecule has 0 spiro atoms. The van der Waals surface area contributed by atoms with Crippen molar-refractivity contribution >= 4 is 18.3 Å². The highest BCUT2D eigenvalue weighted by molar-refractivity contribution is 5.94. The van der Waals surface area contributed by atoms with Crippen LogP contribution in [0.3, 0.4) is 0 Å². The molecule has 3 rings (SSSR count). The Morgan fingerprint density at radius 2 is 2.00 bits per heavy atom. The summed E-state index contributed by atoms with van der Waals surface area (Å²) in [6.07, 6.45) is 0.730. The highest BCUT2D eigenvalue weighted by atomic mass is 35.5. The van der Waals surface area contributed by atoms with Crippen LogP contribution < -0.4 is 15.4 Å². The summed E-state index contributed by atoms with van der Waals surface area (Å²) in [7, 11) is 1.54. The SMILES string of the molecule is COc1cccc(C(=O)NC2CNCCC2c2ccc(F)c(F)c2)c1.Cl. The number of methoxy groups -OCH3 is 1. The van der Waals surface area contributed by atoms with E-state index in [1.807, 2.05) is 0 Å². The highest BCUT2D eigenvalue weighted by Crippen LogP contribution is 2.27. The molecule has 7 heteroatoms. The van der Waals surface area contributed by atoms with Gasteiger partial charge < -0.3 is 15.4 Å². The highest BCUT2D eigenvalue weighted by Gasteiger charge is 2.28. The number of nitrogens with one attached hydrogen (secondary N) is 2. The van der Waals surface area contributed by atoms with Crippen LogP contribution in [0.1, 0.15) is 28.3 Å². The van der Waals surface area contributed by atoms with Crippen LogP contribution in [0.2, 0.25) is 0 Å². The van der Waals surface area contributed by atoms with Crippen molar-refractivity contribution < 1.29 is 18.3 Å². The number of piperidine rings is 1. The van der Waals surface area contributed by atoms with Crippen molar-refractivity contribution in [3.05, 3.63) is 65.2 Å². The molecule has 0 saturated carbocycles. The summed E-state index contributed by atoms with van der Waals surface area (Å²) in [5.41, 5.74) is 1.19. The number of rotatable bonds is 4. The van der Waals surface area contributed by atoms with Crippen molar-refractivity contribution in [2.45, 2.75) is 18.4 Å². The third-order valence-electron chi connectivity index (χ3n) is 4.50. The lowest BCUT2D eigenvalue weighted by molar-refractivity contribution is 0.0924. The van der Waals surface area contributed by atoms with Gasteiger partial charge in [-0.1, -0.05) is 12.1 Å². The average Bonchev–Trinajstić information content (AvgIpc) is 2.64. The smallest absolute Gasteiger partial charge is 0.251 e. The Balaban J connectivity index is 0.00000243. The average molecular weight is 383 g/mol. The molecule has 1 amide bonds. The zero-order chi connectivity index (χ0) is 17.8. The fourth-order valence-corrected chi connectivity index (χ4v) is 3.17. The summed E-state index contributed by atoms with van der Waals surface area (Å²) in [6, 6.07) is 10.6. The van der Waals surface area contributed by atoms with E-state index in [0.717, 1.165) is 19.0 Å². The number of carbonyl (C=O) groups is 1. The molecule has 4 nitrogen and oxygen atoms in total. The van der Waals surface area contributed by atoms with E-state index in [-0.39, 0.29) is 30.3 Å². The predicted octanol–water partition coefficient (Wildman–Crippen LogP) is 3.27. The van der Waals surface area contributed by atoms with Gasteiger partial charge in [-0.3, -0.25) is 4.79 Å². The van der Waals surface area contributed by atoms with Gasteiger partial charge in [-0.2, -0.15) is 0 Å². The lowest BCUT2D eigenvalue weighted by atomic mass is 9.85. The molecular formula is C19H21ClF2N2O2. The zero-order valence-electron chi connectivity index (χ0n) is 14.3. The quantitative estimate of drug-likeness (QED) is 0.853. The fourth-order valence-electron chi connectivity index (χ4n) is 3.17. The summed E-state index contributed by atoms with van der Waals surface area (Å²) in [5.74, 6) is -1.43. The van der Waals surface area contributed by atoms with Crippen molar-refractivity contribution in [2.24, 2.45) is 0 Å². The third-order valence-corrected chi connectivity index (χ3v) is 4.50. The minimum Gasteiger partial charge on any atom is -0.497 e. The third kappa shape index (κ3) is 4.51. The molecule has 1 aliphatic heterocycles. The van der Waals surface area contributed by atoms with Gasteiger partial charge in [-0.05, 0) is 48.9 Å². The Hall–Kier alpha value is -2.18. The second-order valence-electron chi connectivity index (χ2n) is 6.08. The zero-order valence-corrected chi connectivity index (χ0v) is 15.1. The molecule has 26 heavy (non-hydrogen) atoms. The first-order valence-corrected chi connectivity index (χ1v) is 8.19. The monoisotopic (exact) mass is 382 g/mol. The van der Waals surface area contributed by atoms with Crippen LogP contribution >= 0.6 is 12.4 Å². The molecular weight excluding hydrogens is 362 g/mol. The molecule has 0 bridgehead atoms. The molecule has 2 aromatic carbocycles. The van der Waals surface area contributed by atoms with E-state index in [1.165, 1.54) is 6.07 Å². The summed E-state index contributed by atoms with van der Waals surface area (Å²) in [4.78, 5) is 12.6. The molecule has 0 aliphatic carbocycles. The first-order chi connectivity index (χ1) is 12.1. The van der Waals surface area contributed by atoms with E-state index in [0.29, 0.717) is 23.4 Å². The number of halogens is 3. The fraction of sp³-hybridized carbons (Fsp3) is 0.316. The Bertz CT molecular complexity index is 773. The Morgan fingerprint density at radius 3 is 2.73 bits per heavy atom. The van der Waals surface area contributed by atoms with Crippen LogP contribution in [0.15, 0.2) is 42.5 Å². The number of benzene rings is 2. The van der Waals surface area contributed by atoms with Gasteiger partial charge in [-0.15, -0.1) is 12.4 Å². The van der Waals surface area contributed by atoms with Crippen molar-refractivity contribution in [3.8, 4) is 5.75 Å². The van der Waals surface area contributed by atoms with Crippen molar-refractivity contribution in [1.82, 2.24) is 10.6 Å². The minimum absolute atomic E-state index is 0. The molecule has 2 unspecified atom stereocenters. The molecule has 1 fully saturated rings. The van der Waals surface area contributed by atoms with E-state index < -0.39 is 11.6 Å². The van der Waals surface area contributed by atoms with Crippen molar-refractivity contribution in [2.75, 3.05) is 20.2 Å². The molecule has 1 saturated heterocycles. The number of ether oxygens (including phenoxy) is 1. The van der Waals surface area contributed by atoms with Gasteiger partial charge in [0.1, 0.15) is 5.75 Å². The number of hydrogen-bond acceptors (Lipinski definition) is 3. The lowest BCUT2D eigenvalue weighted by Crippen LogP contribution is -2.50. The van der Waals surface area contributed by atoms with Gasteiger partial charge in [0.25, 0.3) is 5.91 Å². The predicted molar refractivity (Wildman–Crippen MR) is 98.1 cm³/mol. The van der Waals surface area contributed by atoms with E-state index in [9.17, 15) is 13.6 Å². The number of hydrogen-bond donors (Lipinski definition) is 2. The molecule has 2 N–H and O–H groups in total. The van der Waals surface area contributed by atoms with Gasteiger partial charge in [0.15, 0.2) is 11.6 Å². The molecule has 0 aromatic heterocycles. The Labute approximate surface area is 157 Å². The van der Waals surface area contributed by atoms with Crippen LogP contribution in [0.5, 0.6) is 5.75 Å². The summed E-state index contributed by atoms with van der Waals surface area (Å²) in [5, 5.41) is 6.23. The van der Waals surface area contributed by atoms with E-state index >= 15 is 0 Å². The van der Waals surface area contributed by atoms with Crippen molar-refractivity contribution in [1.29, 1.82) is 0 Å². The maximum atomic E-state index is 13.6. The van der Waals surface area contributed by atoms with Gasteiger partial charge in [0.05, 0.1) is 7.11 Å². The van der Waals surface area contributed by atoms with Crippen LogP contribution in [0.25, 0.3) is 0 Å². The second kappa shape index (κ2) is 8.96. The Kier molecular flexibility index (Phi) is 6.94. The molecule has 1 heterocycles. The maximum Gasteiger partial charge on any atom is 0.251 e. The van der Waals surface area contributed by atoms with Crippen LogP contribution in [-0.2, 0) is 0 Å². The lowest BCUT2D eigenvalue weighted by Gasteiger charge is -2.33. The second-order valence-corrected chi connectivity index (χ2v) is 6.08. The standard InChI is InChI=1S/C19H20F2N2O2.ClH/c1-25-14-4-2-3-13(9-14)19(24)23-18-11-22-8-7-15(18)12-5-6-16(20)17(21)10-12;/h2-6,9-10,15,18,22H,7-8,11H2,1H3,(H,23,24);1H.